The molecule has 0 saturated carbocycles. The summed E-state index contributed by atoms with van der Waals surface area (Å²) < 4.78 is 27.0. The highest BCUT2D eigenvalue weighted by atomic mass is 32.2. The van der Waals surface area contributed by atoms with E-state index in [1.54, 1.807) is 13.8 Å². The molecular formula is C10H20N2O4S. The molecule has 0 amide bonds. The first kappa shape index (κ1) is 14.4. The summed E-state index contributed by atoms with van der Waals surface area (Å²) in [6, 6.07) is 0. The van der Waals surface area contributed by atoms with Crippen LogP contribution in [-0.4, -0.2) is 54.3 Å². The molecule has 0 aromatic heterocycles. The normalized spacial score (nSPS) is 22.9. The van der Waals surface area contributed by atoms with E-state index in [0.717, 1.165) is 0 Å². The molecule has 7 heteroatoms. The molecule has 1 aliphatic heterocycles. The van der Waals surface area contributed by atoms with Crippen molar-refractivity contribution in [1.29, 1.82) is 0 Å². The van der Waals surface area contributed by atoms with Gasteiger partial charge in [0.1, 0.15) is 0 Å². The van der Waals surface area contributed by atoms with Crippen molar-refractivity contribution < 1.29 is 18.3 Å². The average molecular weight is 264 g/mol. The molecular weight excluding hydrogens is 244 g/mol. The second-order valence-electron chi connectivity index (χ2n) is 4.13. The van der Waals surface area contributed by atoms with E-state index in [2.05, 4.69) is 0 Å². The van der Waals surface area contributed by atoms with Crippen molar-refractivity contribution in [2.24, 2.45) is 5.92 Å². The Bertz CT molecular complexity index is 365. The van der Waals surface area contributed by atoms with E-state index in [1.807, 2.05) is 0 Å². The fourth-order valence-corrected chi connectivity index (χ4v) is 3.77. The highest BCUT2D eigenvalue weighted by Gasteiger charge is 2.34. The van der Waals surface area contributed by atoms with Gasteiger partial charge in [-0.15, -0.1) is 0 Å². The number of carbonyl (C=O) groups is 1. The third-order valence-electron chi connectivity index (χ3n) is 3.09. The van der Waals surface area contributed by atoms with E-state index >= 15 is 0 Å². The maximum Gasteiger partial charge on any atom is 0.307 e. The predicted molar refractivity (Wildman–Crippen MR) is 63.8 cm³/mol. The topological polar surface area (TPSA) is 77.9 Å². The summed E-state index contributed by atoms with van der Waals surface area (Å²) in [5, 5.41) is 8.94. The van der Waals surface area contributed by atoms with Gasteiger partial charge in [-0.3, -0.25) is 4.79 Å². The lowest BCUT2D eigenvalue weighted by atomic mass is 10.0. The summed E-state index contributed by atoms with van der Waals surface area (Å²) in [7, 11) is -3.49. The third-order valence-corrected chi connectivity index (χ3v) is 5.24. The molecule has 1 rings (SSSR count). The summed E-state index contributed by atoms with van der Waals surface area (Å²) >= 11 is 0. The number of aliphatic carboxylic acids is 1. The quantitative estimate of drug-likeness (QED) is 0.778. The van der Waals surface area contributed by atoms with Gasteiger partial charge in [0.25, 0.3) is 10.2 Å². The molecule has 1 fully saturated rings. The summed E-state index contributed by atoms with van der Waals surface area (Å²) in [5.74, 6) is -1.49. The average Bonchev–Trinajstić information content (AvgIpc) is 2.30. The second kappa shape index (κ2) is 5.79. The Balaban J connectivity index is 2.81. The maximum atomic E-state index is 12.2. The van der Waals surface area contributed by atoms with E-state index in [9.17, 15) is 13.2 Å². The minimum absolute atomic E-state index is 0.0914. The number of hydrogen-bond acceptors (Lipinski definition) is 3. The van der Waals surface area contributed by atoms with Crippen LogP contribution < -0.4 is 0 Å². The second-order valence-corrected chi connectivity index (χ2v) is 6.06. The van der Waals surface area contributed by atoms with Crippen LogP contribution >= 0.6 is 0 Å². The lowest BCUT2D eigenvalue weighted by Gasteiger charge is -2.33. The number of carboxylic acid groups (broad SMARTS) is 1. The number of carboxylic acids is 1. The molecule has 6 nitrogen and oxygen atoms in total. The van der Waals surface area contributed by atoms with Gasteiger partial charge in [-0.2, -0.15) is 17.0 Å². The number of rotatable bonds is 5. The van der Waals surface area contributed by atoms with Crippen molar-refractivity contribution >= 4 is 16.2 Å². The molecule has 1 heterocycles. The van der Waals surface area contributed by atoms with Crippen LogP contribution in [0.2, 0.25) is 0 Å². The van der Waals surface area contributed by atoms with Gasteiger partial charge in [0.2, 0.25) is 0 Å². The molecule has 0 aliphatic carbocycles. The molecule has 100 valence electrons. The zero-order valence-corrected chi connectivity index (χ0v) is 11.1. The lowest BCUT2D eigenvalue weighted by molar-refractivity contribution is -0.142. The van der Waals surface area contributed by atoms with Gasteiger partial charge in [0, 0.05) is 26.2 Å². The Morgan fingerprint density at radius 1 is 1.41 bits per heavy atom. The summed E-state index contributed by atoms with van der Waals surface area (Å²) in [5.41, 5.74) is 0. The van der Waals surface area contributed by atoms with Crippen LogP contribution in [0.4, 0.5) is 0 Å². The van der Waals surface area contributed by atoms with Gasteiger partial charge in [-0.1, -0.05) is 13.8 Å². The molecule has 0 aromatic carbocycles. The van der Waals surface area contributed by atoms with Crippen LogP contribution in [0, 0.1) is 5.92 Å². The van der Waals surface area contributed by atoms with Crippen molar-refractivity contribution in [1.82, 2.24) is 8.61 Å². The molecule has 0 bridgehead atoms. The fraction of sp³-hybridized carbons (Fsp3) is 0.900. The minimum atomic E-state index is -3.49. The Kier molecular flexibility index (Phi) is 4.91. The molecule has 0 spiro atoms. The molecule has 1 aliphatic rings. The molecule has 17 heavy (non-hydrogen) atoms. The molecule has 0 unspecified atom stereocenters. The van der Waals surface area contributed by atoms with Crippen molar-refractivity contribution in [2.45, 2.75) is 26.7 Å². The Hall–Kier alpha value is -0.660. The van der Waals surface area contributed by atoms with Gasteiger partial charge in [-0.05, 0) is 12.8 Å². The first-order chi connectivity index (χ1) is 7.93. The van der Waals surface area contributed by atoms with Gasteiger partial charge in [0.15, 0.2) is 0 Å². The van der Waals surface area contributed by atoms with Gasteiger partial charge >= 0.3 is 5.97 Å². The van der Waals surface area contributed by atoms with E-state index in [-0.39, 0.29) is 6.54 Å². The summed E-state index contributed by atoms with van der Waals surface area (Å²) in [6.45, 7) is 4.89. The van der Waals surface area contributed by atoms with E-state index in [1.165, 1.54) is 8.61 Å². The van der Waals surface area contributed by atoms with Crippen molar-refractivity contribution in [2.75, 3.05) is 26.2 Å². The standard InChI is InChI=1S/C10H20N2O4S/c1-3-11(4-2)17(15,16)12-7-5-6-9(8-12)10(13)14/h9H,3-8H2,1-2H3,(H,13,14)/t9-/m1/s1. The van der Waals surface area contributed by atoms with Crippen molar-refractivity contribution in [3.63, 3.8) is 0 Å². The smallest absolute Gasteiger partial charge is 0.307 e. The van der Waals surface area contributed by atoms with Crippen LogP contribution in [0.3, 0.4) is 0 Å². The number of hydrogen-bond donors (Lipinski definition) is 1. The first-order valence-corrected chi connectivity index (χ1v) is 7.31. The molecule has 1 saturated heterocycles. The van der Waals surface area contributed by atoms with E-state index < -0.39 is 22.1 Å². The van der Waals surface area contributed by atoms with Gasteiger partial charge < -0.3 is 5.11 Å². The number of nitrogens with zero attached hydrogens (tertiary/aromatic N) is 2. The Morgan fingerprint density at radius 2 is 2.00 bits per heavy atom. The third kappa shape index (κ3) is 3.17. The molecule has 0 radical (unpaired) electrons. The lowest BCUT2D eigenvalue weighted by Crippen LogP contribution is -2.49. The summed E-state index contributed by atoms with van der Waals surface area (Å²) in [4.78, 5) is 10.9. The van der Waals surface area contributed by atoms with E-state index in [4.69, 9.17) is 5.11 Å². The Labute approximate surface area is 102 Å². The van der Waals surface area contributed by atoms with Crippen LogP contribution in [0.1, 0.15) is 26.7 Å². The highest BCUT2D eigenvalue weighted by molar-refractivity contribution is 7.86. The van der Waals surface area contributed by atoms with Crippen molar-refractivity contribution in [3.8, 4) is 0 Å². The Morgan fingerprint density at radius 3 is 2.47 bits per heavy atom. The fourth-order valence-electron chi connectivity index (χ4n) is 2.07. The van der Waals surface area contributed by atoms with Gasteiger partial charge in [-0.25, -0.2) is 0 Å². The molecule has 1 atom stereocenters. The zero-order chi connectivity index (χ0) is 13.1. The van der Waals surface area contributed by atoms with Gasteiger partial charge in [0.05, 0.1) is 5.92 Å². The van der Waals surface area contributed by atoms with Crippen LogP contribution in [-0.2, 0) is 15.0 Å². The SMILES string of the molecule is CCN(CC)S(=O)(=O)N1CCC[C@@H](C(=O)O)C1. The maximum absolute atomic E-state index is 12.2. The van der Waals surface area contributed by atoms with Crippen LogP contribution in [0.5, 0.6) is 0 Å². The molecule has 0 aromatic rings. The number of piperidine rings is 1. The minimum Gasteiger partial charge on any atom is -0.481 e. The monoisotopic (exact) mass is 264 g/mol. The van der Waals surface area contributed by atoms with Crippen LogP contribution in [0.25, 0.3) is 0 Å². The van der Waals surface area contributed by atoms with E-state index in [0.29, 0.717) is 32.5 Å². The molecule has 1 N–H and O–H groups in total. The van der Waals surface area contributed by atoms with Crippen molar-refractivity contribution in [3.05, 3.63) is 0 Å². The predicted octanol–water partition coefficient (Wildman–Crippen LogP) is 0.370. The zero-order valence-electron chi connectivity index (χ0n) is 10.3. The largest absolute Gasteiger partial charge is 0.481 e. The summed E-state index contributed by atoms with van der Waals surface area (Å²) in [6.07, 6.45) is 1.16. The van der Waals surface area contributed by atoms with Crippen LogP contribution in [0.15, 0.2) is 0 Å². The first-order valence-electron chi connectivity index (χ1n) is 5.91. The highest BCUT2D eigenvalue weighted by Crippen LogP contribution is 2.21.